The Bertz CT molecular complexity index is 798. The molecule has 1 aliphatic rings. The van der Waals surface area contributed by atoms with Crippen molar-refractivity contribution >= 4 is 16.9 Å². The van der Waals surface area contributed by atoms with Crippen molar-refractivity contribution in [2.45, 2.75) is 32.7 Å². The number of morpholine rings is 1. The maximum atomic E-state index is 13.5. The van der Waals surface area contributed by atoms with Gasteiger partial charge < -0.3 is 20.4 Å². The Kier molecular flexibility index (Phi) is 7.89. The van der Waals surface area contributed by atoms with E-state index in [0.29, 0.717) is 12.0 Å². The number of fused-ring (bicyclic) bond motifs is 1. The number of halogens is 1. The number of guanidine groups is 1. The molecule has 1 atom stereocenters. The summed E-state index contributed by atoms with van der Waals surface area (Å²) in [5.41, 5.74) is 2.07. The summed E-state index contributed by atoms with van der Waals surface area (Å²) in [5.74, 6) is 1.24. The number of aliphatic imine (C=N–C) groups is 1. The van der Waals surface area contributed by atoms with E-state index in [9.17, 15) is 4.39 Å². The van der Waals surface area contributed by atoms with Gasteiger partial charge in [-0.15, -0.1) is 0 Å². The van der Waals surface area contributed by atoms with Crippen LogP contribution in [-0.2, 0) is 11.2 Å². The molecule has 29 heavy (non-hydrogen) atoms. The first-order valence-electron chi connectivity index (χ1n) is 10.6. The van der Waals surface area contributed by atoms with Crippen molar-refractivity contribution in [2.24, 2.45) is 10.9 Å². The predicted octanol–water partition coefficient (Wildman–Crippen LogP) is 2.76. The van der Waals surface area contributed by atoms with Crippen LogP contribution in [0.2, 0.25) is 0 Å². The second kappa shape index (κ2) is 10.6. The first-order valence-corrected chi connectivity index (χ1v) is 10.6. The highest BCUT2D eigenvalue weighted by atomic mass is 19.1. The van der Waals surface area contributed by atoms with Gasteiger partial charge in [0.05, 0.1) is 13.2 Å². The molecule has 2 aromatic rings. The van der Waals surface area contributed by atoms with Gasteiger partial charge in [0, 0.05) is 56.4 Å². The van der Waals surface area contributed by atoms with E-state index in [-0.39, 0.29) is 5.82 Å². The van der Waals surface area contributed by atoms with Gasteiger partial charge in [0.2, 0.25) is 0 Å². The largest absolute Gasteiger partial charge is 0.379 e. The van der Waals surface area contributed by atoms with Crippen LogP contribution in [0.25, 0.3) is 10.9 Å². The number of nitrogens with one attached hydrogen (secondary N) is 3. The van der Waals surface area contributed by atoms with Crippen LogP contribution in [0, 0.1) is 11.7 Å². The first-order chi connectivity index (χ1) is 14.1. The summed E-state index contributed by atoms with van der Waals surface area (Å²) in [6.07, 6.45) is 3.90. The summed E-state index contributed by atoms with van der Waals surface area (Å²) in [6, 6.07) is 5.32. The monoisotopic (exact) mass is 403 g/mol. The van der Waals surface area contributed by atoms with Crippen LogP contribution in [0.3, 0.4) is 0 Å². The van der Waals surface area contributed by atoms with E-state index in [2.05, 4.69) is 39.4 Å². The van der Waals surface area contributed by atoms with Crippen molar-refractivity contribution in [1.82, 2.24) is 20.5 Å². The molecule has 1 aromatic heterocycles. The quantitative estimate of drug-likeness (QED) is 0.468. The molecule has 1 aliphatic heterocycles. The molecule has 3 rings (SSSR count). The van der Waals surface area contributed by atoms with Crippen molar-refractivity contribution in [2.75, 3.05) is 46.4 Å². The lowest BCUT2D eigenvalue weighted by Gasteiger charge is -2.35. The molecule has 0 spiro atoms. The predicted molar refractivity (Wildman–Crippen MR) is 117 cm³/mol. The van der Waals surface area contributed by atoms with E-state index in [4.69, 9.17) is 4.74 Å². The second-order valence-corrected chi connectivity index (χ2v) is 8.07. The van der Waals surface area contributed by atoms with Crippen molar-refractivity contribution in [3.8, 4) is 0 Å². The lowest BCUT2D eigenvalue weighted by Crippen LogP contribution is -2.51. The van der Waals surface area contributed by atoms with Crippen LogP contribution in [0.1, 0.15) is 25.8 Å². The van der Waals surface area contributed by atoms with Crippen LogP contribution in [-0.4, -0.2) is 68.3 Å². The van der Waals surface area contributed by atoms with Crippen LogP contribution < -0.4 is 10.6 Å². The fraction of sp³-hybridized carbons (Fsp3) is 0.591. The fourth-order valence-electron chi connectivity index (χ4n) is 3.96. The number of hydrogen-bond acceptors (Lipinski definition) is 3. The minimum atomic E-state index is -0.205. The molecule has 160 valence electrons. The van der Waals surface area contributed by atoms with E-state index < -0.39 is 0 Å². The number of benzene rings is 1. The Labute approximate surface area is 172 Å². The zero-order valence-electron chi connectivity index (χ0n) is 17.8. The van der Waals surface area contributed by atoms with Crippen molar-refractivity contribution in [3.05, 3.63) is 35.8 Å². The average molecular weight is 404 g/mol. The van der Waals surface area contributed by atoms with Crippen molar-refractivity contribution < 1.29 is 9.13 Å². The maximum Gasteiger partial charge on any atom is 0.191 e. The molecule has 7 heteroatoms. The third-order valence-corrected chi connectivity index (χ3v) is 5.45. The van der Waals surface area contributed by atoms with Gasteiger partial charge in [-0.3, -0.25) is 9.89 Å². The van der Waals surface area contributed by atoms with Gasteiger partial charge in [-0.25, -0.2) is 4.39 Å². The average Bonchev–Trinajstić information content (AvgIpc) is 3.12. The minimum absolute atomic E-state index is 0.205. The van der Waals surface area contributed by atoms with Crippen LogP contribution in [0.15, 0.2) is 29.4 Å². The van der Waals surface area contributed by atoms with Gasteiger partial charge in [0.15, 0.2) is 5.96 Å². The molecule has 1 unspecified atom stereocenters. The third-order valence-electron chi connectivity index (χ3n) is 5.45. The number of rotatable bonds is 8. The van der Waals surface area contributed by atoms with E-state index in [1.807, 2.05) is 6.20 Å². The topological polar surface area (TPSA) is 64.7 Å². The third kappa shape index (κ3) is 6.18. The molecular formula is C22H34FN5O. The van der Waals surface area contributed by atoms with E-state index in [0.717, 1.165) is 74.7 Å². The minimum Gasteiger partial charge on any atom is -0.379 e. The zero-order chi connectivity index (χ0) is 20.6. The van der Waals surface area contributed by atoms with Gasteiger partial charge in [-0.2, -0.15) is 0 Å². The Morgan fingerprint density at radius 2 is 2.07 bits per heavy atom. The van der Waals surface area contributed by atoms with E-state index >= 15 is 0 Å². The SMILES string of the molecule is CN=C(NCCc1c[nH]c2ccc(F)cc12)NCC(CC(C)C)N1CCOCC1. The van der Waals surface area contributed by atoms with E-state index in [1.54, 1.807) is 19.2 Å². The lowest BCUT2D eigenvalue weighted by molar-refractivity contribution is 0.0132. The van der Waals surface area contributed by atoms with Gasteiger partial charge >= 0.3 is 0 Å². The fourth-order valence-corrected chi connectivity index (χ4v) is 3.96. The van der Waals surface area contributed by atoms with Crippen molar-refractivity contribution in [3.63, 3.8) is 0 Å². The van der Waals surface area contributed by atoms with Crippen LogP contribution in [0.5, 0.6) is 0 Å². The Morgan fingerprint density at radius 3 is 2.79 bits per heavy atom. The molecule has 1 fully saturated rings. The summed E-state index contributed by atoms with van der Waals surface area (Å²) in [6.45, 7) is 9.73. The van der Waals surface area contributed by atoms with Gasteiger partial charge in [-0.1, -0.05) is 13.8 Å². The van der Waals surface area contributed by atoms with Crippen molar-refractivity contribution in [1.29, 1.82) is 0 Å². The highest BCUT2D eigenvalue weighted by molar-refractivity contribution is 5.83. The molecule has 2 heterocycles. The number of hydrogen-bond donors (Lipinski definition) is 3. The van der Waals surface area contributed by atoms with E-state index in [1.165, 1.54) is 6.07 Å². The lowest BCUT2D eigenvalue weighted by atomic mass is 10.0. The zero-order valence-corrected chi connectivity index (χ0v) is 17.8. The summed E-state index contributed by atoms with van der Waals surface area (Å²) >= 11 is 0. The van der Waals surface area contributed by atoms with Crippen LogP contribution in [0.4, 0.5) is 4.39 Å². The second-order valence-electron chi connectivity index (χ2n) is 8.07. The highest BCUT2D eigenvalue weighted by Crippen LogP contribution is 2.19. The maximum absolute atomic E-state index is 13.5. The number of aromatic nitrogens is 1. The molecule has 3 N–H and O–H groups in total. The normalized spacial score (nSPS) is 17.1. The molecule has 0 aliphatic carbocycles. The standard InChI is InChI=1S/C22H34FN5O/c1-16(2)12-19(28-8-10-29-11-9-28)15-27-22(24-3)25-7-6-17-14-26-21-5-4-18(23)13-20(17)21/h4-5,13-14,16,19,26H,6-12,15H2,1-3H3,(H2,24,25,27). The first kappa shape index (κ1) is 21.6. The molecular weight excluding hydrogens is 369 g/mol. The number of aromatic amines is 1. The number of H-pyrrole nitrogens is 1. The van der Waals surface area contributed by atoms with Gasteiger partial charge in [0.25, 0.3) is 0 Å². The summed E-state index contributed by atoms with van der Waals surface area (Å²) < 4.78 is 19.1. The summed E-state index contributed by atoms with van der Waals surface area (Å²) in [4.78, 5) is 10.1. The molecule has 0 bridgehead atoms. The van der Waals surface area contributed by atoms with Gasteiger partial charge in [-0.05, 0) is 42.5 Å². The molecule has 6 nitrogen and oxygen atoms in total. The Morgan fingerprint density at radius 1 is 1.28 bits per heavy atom. The number of nitrogens with zero attached hydrogens (tertiary/aromatic N) is 2. The summed E-state index contributed by atoms with van der Waals surface area (Å²) in [5, 5.41) is 7.82. The van der Waals surface area contributed by atoms with Gasteiger partial charge in [0.1, 0.15) is 5.82 Å². The molecule has 0 saturated carbocycles. The Hall–Kier alpha value is -2.12. The smallest absolute Gasteiger partial charge is 0.191 e. The molecule has 1 aromatic carbocycles. The highest BCUT2D eigenvalue weighted by Gasteiger charge is 2.22. The Balaban J connectivity index is 1.50. The molecule has 1 saturated heterocycles. The number of ether oxygens (including phenoxy) is 1. The molecule has 0 amide bonds. The molecule has 0 radical (unpaired) electrons. The summed E-state index contributed by atoms with van der Waals surface area (Å²) in [7, 11) is 1.79. The van der Waals surface area contributed by atoms with Crippen LogP contribution >= 0.6 is 0 Å².